The number of rotatable bonds is 6. The Morgan fingerprint density at radius 1 is 1.05 bits per heavy atom. The summed E-state index contributed by atoms with van der Waals surface area (Å²) in [6, 6.07) is 16.7. The second kappa shape index (κ2) is 6.44. The van der Waals surface area contributed by atoms with Crippen LogP contribution in [0.25, 0.3) is 16.7 Å². The van der Waals surface area contributed by atoms with E-state index in [2.05, 4.69) is 52.1 Å². The van der Waals surface area contributed by atoms with Gasteiger partial charge in [0.1, 0.15) is 6.33 Å². The van der Waals surface area contributed by atoms with Crippen LogP contribution in [0.15, 0.2) is 54.9 Å². The van der Waals surface area contributed by atoms with Crippen LogP contribution in [0, 0.1) is 0 Å². The van der Waals surface area contributed by atoms with Crippen LogP contribution in [0.4, 0.5) is 5.69 Å². The first-order valence-corrected chi connectivity index (χ1v) is 7.65. The van der Waals surface area contributed by atoms with Gasteiger partial charge in [-0.2, -0.15) is 0 Å². The van der Waals surface area contributed by atoms with Gasteiger partial charge in [-0.1, -0.05) is 38.0 Å². The molecule has 3 aromatic rings. The van der Waals surface area contributed by atoms with Gasteiger partial charge in [-0.15, -0.1) is 0 Å². The number of unbranched alkanes of at least 4 members (excludes halogenated alkanes) is 2. The first kappa shape index (κ1) is 13.7. The zero-order valence-corrected chi connectivity index (χ0v) is 12.4. The van der Waals surface area contributed by atoms with Crippen molar-refractivity contribution in [1.29, 1.82) is 0 Å². The van der Waals surface area contributed by atoms with Crippen molar-refractivity contribution in [2.45, 2.75) is 26.2 Å². The van der Waals surface area contributed by atoms with Crippen LogP contribution in [-0.2, 0) is 0 Å². The summed E-state index contributed by atoms with van der Waals surface area (Å²) < 4.78 is 2.12. The standard InChI is InChI=1S/C18H21N3/c1-2-3-7-12-19-15-10-11-18-17(13-15)20-14-21(18)16-8-5-4-6-9-16/h4-6,8-11,13-14,19H,2-3,7,12H2,1H3. The van der Waals surface area contributed by atoms with Crippen molar-refractivity contribution in [3.8, 4) is 5.69 Å². The van der Waals surface area contributed by atoms with Crippen LogP contribution < -0.4 is 5.32 Å². The van der Waals surface area contributed by atoms with Gasteiger partial charge >= 0.3 is 0 Å². The first-order chi connectivity index (χ1) is 10.4. The smallest absolute Gasteiger partial charge is 0.100 e. The van der Waals surface area contributed by atoms with E-state index in [1.54, 1.807) is 0 Å². The van der Waals surface area contributed by atoms with Gasteiger partial charge in [0.2, 0.25) is 0 Å². The Balaban J connectivity index is 1.81. The molecule has 0 aliphatic carbocycles. The quantitative estimate of drug-likeness (QED) is 0.667. The number of nitrogens with zero attached hydrogens (tertiary/aromatic N) is 2. The molecule has 0 amide bonds. The van der Waals surface area contributed by atoms with Crippen molar-refractivity contribution in [2.24, 2.45) is 0 Å². The Labute approximate surface area is 125 Å². The summed E-state index contributed by atoms with van der Waals surface area (Å²) in [6.45, 7) is 3.25. The molecular weight excluding hydrogens is 258 g/mol. The van der Waals surface area contributed by atoms with Crippen molar-refractivity contribution in [3.63, 3.8) is 0 Å². The van der Waals surface area contributed by atoms with Gasteiger partial charge in [0.15, 0.2) is 0 Å². The van der Waals surface area contributed by atoms with E-state index in [9.17, 15) is 0 Å². The van der Waals surface area contributed by atoms with Gasteiger partial charge in [0, 0.05) is 17.9 Å². The fourth-order valence-corrected chi connectivity index (χ4v) is 2.52. The maximum absolute atomic E-state index is 4.52. The normalized spacial score (nSPS) is 10.9. The van der Waals surface area contributed by atoms with Crippen LogP contribution >= 0.6 is 0 Å². The minimum atomic E-state index is 1.03. The third-order valence-electron chi connectivity index (χ3n) is 3.69. The Bertz CT molecular complexity index is 701. The number of anilines is 1. The number of aromatic nitrogens is 2. The number of para-hydroxylation sites is 1. The van der Waals surface area contributed by atoms with E-state index in [1.165, 1.54) is 19.3 Å². The molecule has 1 heterocycles. The average Bonchev–Trinajstić information content (AvgIpc) is 2.95. The molecule has 0 unspecified atom stereocenters. The summed E-state index contributed by atoms with van der Waals surface area (Å²) in [6.07, 6.45) is 5.63. The molecule has 0 atom stereocenters. The van der Waals surface area contributed by atoms with Crippen molar-refractivity contribution in [3.05, 3.63) is 54.9 Å². The van der Waals surface area contributed by atoms with Gasteiger partial charge in [-0.3, -0.25) is 4.57 Å². The van der Waals surface area contributed by atoms with Crippen molar-refractivity contribution in [1.82, 2.24) is 9.55 Å². The maximum atomic E-state index is 4.52. The summed E-state index contributed by atoms with van der Waals surface area (Å²) in [7, 11) is 0. The highest BCUT2D eigenvalue weighted by Gasteiger charge is 2.05. The predicted molar refractivity (Wildman–Crippen MR) is 89.1 cm³/mol. The van der Waals surface area contributed by atoms with Crippen LogP contribution in [0.2, 0.25) is 0 Å². The van der Waals surface area contributed by atoms with Gasteiger partial charge in [-0.05, 0) is 36.8 Å². The highest BCUT2D eigenvalue weighted by molar-refractivity contribution is 5.81. The van der Waals surface area contributed by atoms with Crippen molar-refractivity contribution in [2.75, 3.05) is 11.9 Å². The minimum Gasteiger partial charge on any atom is -0.385 e. The topological polar surface area (TPSA) is 29.9 Å². The molecule has 0 bridgehead atoms. The van der Waals surface area contributed by atoms with E-state index < -0.39 is 0 Å². The minimum absolute atomic E-state index is 1.03. The molecule has 0 fully saturated rings. The molecule has 0 aliphatic heterocycles. The highest BCUT2D eigenvalue weighted by atomic mass is 15.0. The lowest BCUT2D eigenvalue weighted by Crippen LogP contribution is -2.01. The summed E-state index contributed by atoms with van der Waals surface area (Å²) in [5.41, 5.74) is 4.46. The molecule has 3 nitrogen and oxygen atoms in total. The Kier molecular flexibility index (Phi) is 4.20. The van der Waals surface area contributed by atoms with Crippen molar-refractivity contribution >= 4 is 16.7 Å². The Morgan fingerprint density at radius 3 is 2.71 bits per heavy atom. The molecule has 3 heteroatoms. The molecule has 0 aliphatic rings. The molecule has 108 valence electrons. The first-order valence-electron chi connectivity index (χ1n) is 7.65. The molecule has 1 aromatic heterocycles. The molecule has 3 rings (SSSR count). The van der Waals surface area contributed by atoms with Gasteiger partial charge in [-0.25, -0.2) is 4.98 Å². The molecule has 0 radical (unpaired) electrons. The zero-order valence-electron chi connectivity index (χ0n) is 12.4. The molecule has 21 heavy (non-hydrogen) atoms. The summed E-state index contributed by atoms with van der Waals surface area (Å²) in [5, 5.41) is 3.47. The fraction of sp³-hybridized carbons (Fsp3) is 0.278. The van der Waals surface area contributed by atoms with Gasteiger partial charge in [0.05, 0.1) is 11.0 Å². The number of nitrogens with one attached hydrogen (secondary N) is 1. The molecule has 0 spiro atoms. The third-order valence-corrected chi connectivity index (χ3v) is 3.69. The second-order valence-electron chi connectivity index (χ2n) is 5.29. The second-order valence-corrected chi connectivity index (χ2v) is 5.29. The number of benzene rings is 2. The Morgan fingerprint density at radius 2 is 1.90 bits per heavy atom. The van der Waals surface area contributed by atoms with E-state index in [-0.39, 0.29) is 0 Å². The molecule has 1 N–H and O–H groups in total. The average molecular weight is 279 g/mol. The van der Waals surface area contributed by atoms with Gasteiger partial charge in [0.25, 0.3) is 0 Å². The maximum Gasteiger partial charge on any atom is 0.100 e. The molecule has 0 saturated heterocycles. The molecule has 0 saturated carbocycles. The number of hydrogen-bond donors (Lipinski definition) is 1. The van der Waals surface area contributed by atoms with E-state index >= 15 is 0 Å². The van der Waals surface area contributed by atoms with Gasteiger partial charge < -0.3 is 5.32 Å². The number of fused-ring (bicyclic) bond motifs is 1. The Hall–Kier alpha value is -2.29. The highest BCUT2D eigenvalue weighted by Crippen LogP contribution is 2.21. The van der Waals surface area contributed by atoms with E-state index in [1.807, 2.05) is 24.5 Å². The lowest BCUT2D eigenvalue weighted by molar-refractivity contribution is 0.744. The lowest BCUT2D eigenvalue weighted by Gasteiger charge is -2.07. The van der Waals surface area contributed by atoms with Crippen LogP contribution in [-0.4, -0.2) is 16.1 Å². The third kappa shape index (κ3) is 3.07. The zero-order chi connectivity index (χ0) is 14.5. The van der Waals surface area contributed by atoms with E-state index in [0.29, 0.717) is 0 Å². The molecule has 2 aromatic carbocycles. The summed E-state index contributed by atoms with van der Waals surface area (Å²) in [5.74, 6) is 0. The van der Waals surface area contributed by atoms with Crippen LogP contribution in [0.5, 0.6) is 0 Å². The largest absolute Gasteiger partial charge is 0.385 e. The number of hydrogen-bond acceptors (Lipinski definition) is 2. The van der Waals surface area contributed by atoms with Crippen LogP contribution in [0.1, 0.15) is 26.2 Å². The van der Waals surface area contributed by atoms with E-state index in [4.69, 9.17) is 0 Å². The summed E-state index contributed by atoms with van der Waals surface area (Å²) in [4.78, 5) is 4.52. The fourth-order valence-electron chi connectivity index (χ4n) is 2.52. The predicted octanol–water partition coefficient (Wildman–Crippen LogP) is 4.63. The number of imidazole rings is 1. The monoisotopic (exact) mass is 279 g/mol. The SMILES string of the molecule is CCCCCNc1ccc2c(c1)ncn2-c1ccccc1. The van der Waals surface area contributed by atoms with Crippen molar-refractivity contribution < 1.29 is 0 Å². The van der Waals surface area contributed by atoms with E-state index in [0.717, 1.165) is 29.0 Å². The summed E-state index contributed by atoms with van der Waals surface area (Å²) >= 11 is 0. The molecular formula is C18H21N3. The lowest BCUT2D eigenvalue weighted by atomic mass is 10.2. The van der Waals surface area contributed by atoms with Crippen LogP contribution in [0.3, 0.4) is 0 Å².